The van der Waals surface area contributed by atoms with Crippen LogP contribution in [0.3, 0.4) is 0 Å². The number of fused-ring (bicyclic) bond motifs is 1. The lowest BCUT2D eigenvalue weighted by atomic mass is 10.1. The van der Waals surface area contributed by atoms with Crippen LogP contribution in [0, 0.1) is 0 Å². The van der Waals surface area contributed by atoms with Gasteiger partial charge in [-0.15, -0.1) is 0 Å². The second kappa shape index (κ2) is 10.2. The fourth-order valence-corrected chi connectivity index (χ4v) is 3.47. The molecule has 2 unspecified atom stereocenters. The number of nitrogens with zero attached hydrogens (tertiary/aromatic N) is 3. The second-order valence-electron chi connectivity index (χ2n) is 7.37. The molecule has 6 heteroatoms. The molecule has 6 nitrogen and oxygen atoms in total. The molecule has 1 heterocycles. The van der Waals surface area contributed by atoms with Crippen LogP contribution in [0.15, 0.2) is 24.3 Å². The molecule has 1 N–H and O–H groups in total. The van der Waals surface area contributed by atoms with E-state index in [9.17, 15) is 9.59 Å². The standard InChI is InChI=1S/C22H34N4O2/c1-6-16(4)26(17(5)7-2)22(28)15-25-19-12-10-9-11-18(19)24-20(25)13-14-23-21(27)8-3/h9-12,16-17H,6-8,13-15H2,1-5H3,(H,23,27). The van der Waals surface area contributed by atoms with Gasteiger partial charge in [0.05, 0.1) is 11.0 Å². The lowest BCUT2D eigenvalue weighted by Gasteiger charge is -2.34. The summed E-state index contributed by atoms with van der Waals surface area (Å²) in [6.07, 6.45) is 2.92. The third kappa shape index (κ3) is 5.12. The summed E-state index contributed by atoms with van der Waals surface area (Å²) >= 11 is 0. The van der Waals surface area contributed by atoms with Crippen molar-refractivity contribution in [1.82, 2.24) is 19.8 Å². The minimum Gasteiger partial charge on any atom is -0.356 e. The maximum absolute atomic E-state index is 13.2. The third-order valence-corrected chi connectivity index (χ3v) is 5.44. The number of imidazole rings is 1. The summed E-state index contributed by atoms with van der Waals surface area (Å²) in [6.45, 7) is 11.1. The van der Waals surface area contributed by atoms with Crippen molar-refractivity contribution in [2.45, 2.75) is 78.9 Å². The molecular weight excluding hydrogens is 352 g/mol. The van der Waals surface area contributed by atoms with Crippen molar-refractivity contribution >= 4 is 22.8 Å². The van der Waals surface area contributed by atoms with Crippen LogP contribution in [-0.4, -0.2) is 44.9 Å². The van der Waals surface area contributed by atoms with E-state index in [4.69, 9.17) is 4.98 Å². The van der Waals surface area contributed by atoms with Gasteiger partial charge in [0, 0.05) is 31.5 Å². The molecule has 0 saturated heterocycles. The molecule has 0 saturated carbocycles. The normalized spacial score (nSPS) is 13.3. The molecule has 0 aliphatic rings. The largest absolute Gasteiger partial charge is 0.356 e. The van der Waals surface area contributed by atoms with Crippen LogP contribution in [-0.2, 0) is 22.6 Å². The maximum atomic E-state index is 13.2. The molecule has 154 valence electrons. The Hall–Kier alpha value is -2.37. The Kier molecular flexibility index (Phi) is 8.03. The smallest absolute Gasteiger partial charge is 0.243 e. The lowest BCUT2D eigenvalue weighted by molar-refractivity contribution is -0.136. The van der Waals surface area contributed by atoms with Crippen LogP contribution in [0.25, 0.3) is 11.0 Å². The lowest BCUT2D eigenvalue weighted by Crippen LogP contribution is -2.46. The van der Waals surface area contributed by atoms with Crippen molar-refractivity contribution < 1.29 is 9.59 Å². The number of amides is 2. The van der Waals surface area contributed by atoms with Crippen LogP contribution in [0.2, 0.25) is 0 Å². The molecule has 0 bridgehead atoms. The molecule has 2 rings (SSSR count). The average molecular weight is 387 g/mol. The van der Waals surface area contributed by atoms with E-state index in [1.165, 1.54) is 0 Å². The molecule has 28 heavy (non-hydrogen) atoms. The van der Waals surface area contributed by atoms with Crippen molar-refractivity contribution in [3.8, 4) is 0 Å². The Morgan fingerprint density at radius 1 is 1.11 bits per heavy atom. The Morgan fingerprint density at radius 2 is 1.75 bits per heavy atom. The van der Waals surface area contributed by atoms with Crippen molar-refractivity contribution in [1.29, 1.82) is 0 Å². The Labute approximate surface area is 168 Å². The highest BCUT2D eigenvalue weighted by molar-refractivity contribution is 5.81. The zero-order valence-electron chi connectivity index (χ0n) is 17.9. The summed E-state index contributed by atoms with van der Waals surface area (Å²) in [5.74, 6) is 0.975. The van der Waals surface area contributed by atoms with Crippen molar-refractivity contribution in [2.75, 3.05) is 6.54 Å². The van der Waals surface area contributed by atoms with Crippen LogP contribution in [0.5, 0.6) is 0 Å². The monoisotopic (exact) mass is 386 g/mol. The topological polar surface area (TPSA) is 67.2 Å². The van der Waals surface area contributed by atoms with E-state index in [-0.39, 0.29) is 30.4 Å². The zero-order valence-corrected chi connectivity index (χ0v) is 17.9. The van der Waals surface area contributed by atoms with Gasteiger partial charge in [0.25, 0.3) is 0 Å². The molecule has 0 aliphatic heterocycles. The number of nitrogens with one attached hydrogen (secondary N) is 1. The number of benzene rings is 1. The van der Waals surface area contributed by atoms with Gasteiger partial charge in [-0.1, -0.05) is 32.9 Å². The van der Waals surface area contributed by atoms with E-state index < -0.39 is 0 Å². The van der Waals surface area contributed by atoms with E-state index in [0.29, 0.717) is 19.4 Å². The zero-order chi connectivity index (χ0) is 20.7. The Morgan fingerprint density at radius 3 is 2.36 bits per heavy atom. The molecule has 1 aromatic carbocycles. The number of para-hydroxylation sites is 2. The summed E-state index contributed by atoms with van der Waals surface area (Å²) in [4.78, 5) is 31.5. The fraction of sp³-hybridized carbons (Fsp3) is 0.591. The minimum atomic E-state index is 0.0263. The van der Waals surface area contributed by atoms with Crippen molar-refractivity contribution in [3.63, 3.8) is 0 Å². The molecule has 1 aromatic heterocycles. The van der Waals surface area contributed by atoms with E-state index in [2.05, 4.69) is 33.0 Å². The molecular formula is C22H34N4O2. The van der Waals surface area contributed by atoms with Crippen molar-refractivity contribution in [3.05, 3.63) is 30.1 Å². The maximum Gasteiger partial charge on any atom is 0.243 e. The number of carbonyl (C=O) groups is 2. The van der Waals surface area contributed by atoms with E-state index in [1.54, 1.807) is 0 Å². The molecule has 0 aliphatic carbocycles. The molecule has 2 amide bonds. The van der Waals surface area contributed by atoms with E-state index in [0.717, 1.165) is 29.7 Å². The summed E-state index contributed by atoms with van der Waals surface area (Å²) < 4.78 is 2.01. The summed E-state index contributed by atoms with van der Waals surface area (Å²) in [5, 5.41) is 2.90. The van der Waals surface area contributed by atoms with Gasteiger partial charge in [-0.3, -0.25) is 9.59 Å². The third-order valence-electron chi connectivity index (χ3n) is 5.44. The van der Waals surface area contributed by atoms with Crippen LogP contribution < -0.4 is 5.32 Å². The Bertz CT molecular complexity index is 789. The van der Waals surface area contributed by atoms with Gasteiger partial charge < -0.3 is 14.8 Å². The van der Waals surface area contributed by atoms with Gasteiger partial charge in [-0.2, -0.15) is 0 Å². The highest BCUT2D eigenvalue weighted by atomic mass is 16.2. The quantitative estimate of drug-likeness (QED) is 0.679. The number of aromatic nitrogens is 2. The molecule has 0 radical (unpaired) electrons. The van der Waals surface area contributed by atoms with Gasteiger partial charge in [-0.25, -0.2) is 4.98 Å². The van der Waals surface area contributed by atoms with Gasteiger partial charge in [0.15, 0.2) is 0 Å². The van der Waals surface area contributed by atoms with Gasteiger partial charge in [0.2, 0.25) is 11.8 Å². The summed E-state index contributed by atoms with van der Waals surface area (Å²) in [5.41, 5.74) is 1.84. The minimum absolute atomic E-state index is 0.0263. The van der Waals surface area contributed by atoms with E-state index in [1.807, 2.05) is 40.7 Å². The summed E-state index contributed by atoms with van der Waals surface area (Å²) in [7, 11) is 0. The average Bonchev–Trinajstić information content (AvgIpc) is 3.04. The van der Waals surface area contributed by atoms with Gasteiger partial charge in [0.1, 0.15) is 12.4 Å². The van der Waals surface area contributed by atoms with Crippen LogP contribution >= 0.6 is 0 Å². The van der Waals surface area contributed by atoms with Gasteiger partial charge >= 0.3 is 0 Å². The number of rotatable bonds is 10. The first-order valence-corrected chi connectivity index (χ1v) is 10.4. The van der Waals surface area contributed by atoms with Gasteiger partial charge in [-0.05, 0) is 38.8 Å². The van der Waals surface area contributed by atoms with Crippen LogP contribution in [0.4, 0.5) is 0 Å². The first kappa shape index (κ1) is 21.9. The highest BCUT2D eigenvalue weighted by Crippen LogP contribution is 2.19. The SMILES string of the molecule is CCC(=O)NCCc1nc2ccccc2n1CC(=O)N(C(C)CC)C(C)CC. The fourth-order valence-electron chi connectivity index (χ4n) is 3.47. The predicted octanol–water partition coefficient (Wildman–Crippen LogP) is 3.53. The van der Waals surface area contributed by atoms with Crippen LogP contribution in [0.1, 0.15) is 59.7 Å². The predicted molar refractivity (Wildman–Crippen MR) is 113 cm³/mol. The Balaban J connectivity index is 2.29. The highest BCUT2D eigenvalue weighted by Gasteiger charge is 2.25. The molecule has 0 spiro atoms. The molecule has 2 aromatic rings. The number of hydrogen-bond donors (Lipinski definition) is 1. The summed E-state index contributed by atoms with van der Waals surface area (Å²) in [6, 6.07) is 8.28. The van der Waals surface area contributed by atoms with Crippen molar-refractivity contribution in [2.24, 2.45) is 0 Å². The first-order chi connectivity index (χ1) is 13.4. The van der Waals surface area contributed by atoms with E-state index >= 15 is 0 Å². The number of hydrogen-bond acceptors (Lipinski definition) is 3. The molecule has 0 fully saturated rings. The number of carbonyl (C=O) groups excluding carboxylic acids is 2. The first-order valence-electron chi connectivity index (χ1n) is 10.4. The second-order valence-corrected chi connectivity index (χ2v) is 7.37. The molecule has 2 atom stereocenters.